The number of nitro groups is 1. The van der Waals surface area contributed by atoms with Crippen molar-refractivity contribution in [2.75, 3.05) is 6.61 Å². The molecule has 39 heavy (non-hydrogen) atoms. The van der Waals surface area contributed by atoms with E-state index in [4.69, 9.17) is 9.47 Å². The van der Waals surface area contributed by atoms with E-state index in [0.29, 0.717) is 12.4 Å². The number of non-ortho nitro benzene ring substituents is 1. The van der Waals surface area contributed by atoms with E-state index >= 15 is 0 Å². The van der Waals surface area contributed by atoms with E-state index in [0.717, 1.165) is 43.5 Å². The average molecular weight is 548 g/mol. The molecule has 0 atom stereocenters. The largest absolute Gasteiger partial charge is 0.494 e. The zero-order valence-corrected chi connectivity index (χ0v) is 21.5. The second-order valence-electron chi connectivity index (χ2n) is 8.99. The number of ether oxygens (including phenoxy) is 2. The lowest BCUT2D eigenvalue weighted by atomic mass is 10.0. The van der Waals surface area contributed by atoms with Gasteiger partial charge in [0.05, 0.1) is 17.1 Å². The quantitative estimate of drug-likeness (QED) is 0.0384. The molecule has 0 N–H and O–H groups in total. The molecule has 0 spiro atoms. The molecule has 0 saturated carbocycles. The number of hydrogen-bond donors (Lipinski definition) is 0. The summed E-state index contributed by atoms with van der Waals surface area (Å²) < 4.78 is 69.6. The molecule has 3 aromatic carbocycles. The highest BCUT2D eigenvalue weighted by Gasteiger charge is 2.31. The lowest BCUT2D eigenvalue weighted by Gasteiger charge is -2.13. The van der Waals surface area contributed by atoms with Gasteiger partial charge in [0.2, 0.25) is 0 Å². The van der Waals surface area contributed by atoms with Crippen molar-refractivity contribution in [3.8, 4) is 22.6 Å². The van der Waals surface area contributed by atoms with Crippen molar-refractivity contribution < 1.29 is 36.8 Å². The number of carbonyl (C=O) groups excluding carboxylic acids is 1. The van der Waals surface area contributed by atoms with Crippen molar-refractivity contribution in [2.24, 2.45) is 0 Å². The third kappa shape index (κ3) is 7.78. The molecule has 0 heterocycles. The number of benzene rings is 3. The number of halogens is 4. The molecule has 0 aliphatic heterocycles. The minimum atomic E-state index is -1.93. The first-order chi connectivity index (χ1) is 18.7. The molecule has 0 aliphatic rings. The van der Waals surface area contributed by atoms with Crippen molar-refractivity contribution in [1.82, 2.24) is 0 Å². The van der Waals surface area contributed by atoms with Gasteiger partial charge in [-0.2, -0.15) is 0 Å². The molecule has 0 unspecified atom stereocenters. The number of nitrogens with zero attached hydrogens (tertiary/aromatic N) is 1. The molecule has 3 aromatic rings. The van der Waals surface area contributed by atoms with Gasteiger partial charge in [0.15, 0.2) is 23.3 Å². The summed E-state index contributed by atoms with van der Waals surface area (Å²) in [6, 6.07) is 9.38. The highest BCUT2D eigenvalue weighted by atomic mass is 19.2. The Hall–Kier alpha value is -3.95. The van der Waals surface area contributed by atoms with Gasteiger partial charge in [-0.3, -0.25) is 10.1 Å². The topological polar surface area (TPSA) is 78.7 Å². The van der Waals surface area contributed by atoms with Crippen LogP contribution in [0.2, 0.25) is 0 Å². The Bertz CT molecular complexity index is 1250. The average Bonchev–Trinajstić information content (AvgIpc) is 2.92. The van der Waals surface area contributed by atoms with E-state index < -0.39 is 45.3 Å². The number of hydrogen-bond acceptors (Lipinski definition) is 5. The van der Waals surface area contributed by atoms with Crippen molar-refractivity contribution in [2.45, 2.75) is 58.3 Å². The van der Waals surface area contributed by atoms with Crippen molar-refractivity contribution >= 4 is 11.7 Å². The van der Waals surface area contributed by atoms with E-state index in [-0.39, 0.29) is 17.0 Å². The number of unbranched alkanes of at least 4 members (excludes halogenated alkanes) is 7. The van der Waals surface area contributed by atoms with Crippen LogP contribution >= 0.6 is 0 Å². The highest BCUT2D eigenvalue weighted by Crippen LogP contribution is 2.33. The van der Waals surface area contributed by atoms with Crippen LogP contribution in [0.15, 0.2) is 48.5 Å². The van der Waals surface area contributed by atoms with Crippen LogP contribution in [0.3, 0.4) is 0 Å². The van der Waals surface area contributed by atoms with Crippen LogP contribution < -0.4 is 9.47 Å². The first kappa shape index (κ1) is 29.6. The van der Waals surface area contributed by atoms with E-state index in [1.807, 2.05) is 0 Å². The Kier molecular flexibility index (Phi) is 10.8. The van der Waals surface area contributed by atoms with Gasteiger partial charge < -0.3 is 9.47 Å². The molecule has 0 saturated heterocycles. The molecule has 0 aromatic heterocycles. The maximum Gasteiger partial charge on any atom is 0.349 e. The third-order valence-electron chi connectivity index (χ3n) is 6.14. The zero-order valence-electron chi connectivity index (χ0n) is 21.5. The summed E-state index contributed by atoms with van der Waals surface area (Å²) in [7, 11) is 0. The van der Waals surface area contributed by atoms with E-state index in [1.54, 1.807) is 0 Å². The van der Waals surface area contributed by atoms with Gasteiger partial charge in [-0.1, -0.05) is 64.0 Å². The molecular formula is C29H29F4NO5. The van der Waals surface area contributed by atoms with Crippen LogP contribution in [0.4, 0.5) is 23.2 Å². The third-order valence-corrected chi connectivity index (χ3v) is 6.14. The maximum absolute atomic E-state index is 14.9. The number of nitro benzene ring substituents is 1. The van der Waals surface area contributed by atoms with Crippen LogP contribution in [0, 0.1) is 33.4 Å². The van der Waals surface area contributed by atoms with Gasteiger partial charge in [-0.15, -0.1) is 0 Å². The summed E-state index contributed by atoms with van der Waals surface area (Å²) in [4.78, 5) is 22.3. The van der Waals surface area contributed by atoms with Gasteiger partial charge in [0.25, 0.3) is 5.69 Å². The standard InChI is InChI=1S/C29H29F4NO5/c1-2-3-4-5-6-7-8-9-18-38-21-14-10-19(11-15-21)23-25(30)27(32)24(28(33)26(23)31)29(35)39-22-16-12-20(13-17-22)34(36)37/h10-17H,2-9,18H2,1H3. The Morgan fingerprint density at radius 2 is 1.26 bits per heavy atom. The fourth-order valence-corrected chi connectivity index (χ4v) is 4.00. The molecule has 0 amide bonds. The van der Waals surface area contributed by atoms with E-state index in [1.165, 1.54) is 56.4 Å². The molecule has 0 bridgehead atoms. The van der Waals surface area contributed by atoms with Crippen LogP contribution in [0.25, 0.3) is 11.1 Å². The molecule has 3 rings (SSSR count). The lowest BCUT2D eigenvalue weighted by molar-refractivity contribution is -0.384. The molecule has 0 radical (unpaired) electrons. The predicted molar refractivity (Wildman–Crippen MR) is 138 cm³/mol. The summed E-state index contributed by atoms with van der Waals surface area (Å²) in [6.45, 7) is 2.64. The maximum atomic E-state index is 14.9. The van der Waals surface area contributed by atoms with Gasteiger partial charge >= 0.3 is 5.97 Å². The Balaban J connectivity index is 1.65. The normalized spacial score (nSPS) is 10.9. The fourth-order valence-electron chi connectivity index (χ4n) is 4.00. The summed E-state index contributed by atoms with van der Waals surface area (Å²) in [6.07, 6.45) is 9.14. The predicted octanol–water partition coefficient (Wildman–Crippen LogP) is 8.56. The number of esters is 1. The number of rotatable bonds is 14. The highest BCUT2D eigenvalue weighted by molar-refractivity contribution is 5.92. The van der Waals surface area contributed by atoms with Crippen molar-refractivity contribution in [3.05, 3.63) is 87.5 Å². The zero-order chi connectivity index (χ0) is 28.4. The van der Waals surface area contributed by atoms with Gasteiger partial charge in [-0.25, -0.2) is 22.4 Å². The Morgan fingerprint density at radius 3 is 1.79 bits per heavy atom. The second-order valence-corrected chi connectivity index (χ2v) is 8.99. The SMILES string of the molecule is CCCCCCCCCCOc1ccc(-c2c(F)c(F)c(C(=O)Oc3ccc([N+](=O)[O-])cc3)c(F)c2F)cc1. The smallest absolute Gasteiger partial charge is 0.349 e. The van der Waals surface area contributed by atoms with Crippen molar-refractivity contribution in [3.63, 3.8) is 0 Å². The van der Waals surface area contributed by atoms with E-state index in [9.17, 15) is 32.5 Å². The number of carbonyl (C=O) groups is 1. The minimum absolute atomic E-state index is 0.155. The van der Waals surface area contributed by atoms with Crippen molar-refractivity contribution in [1.29, 1.82) is 0 Å². The minimum Gasteiger partial charge on any atom is -0.494 e. The Labute approximate surface area is 223 Å². The summed E-state index contributed by atoms with van der Waals surface area (Å²) in [5.74, 6) is -8.96. The summed E-state index contributed by atoms with van der Waals surface area (Å²) in [5.41, 5.74) is -3.01. The molecule has 208 valence electrons. The van der Waals surface area contributed by atoms with Crippen LogP contribution in [-0.2, 0) is 0 Å². The molecule has 10 heteroatoms. The summed E-state index contributed by atoms with van der Waals surface area (Å²) in [5, 5.41) is 10.7. The Morgan fingerprint density at radius 1 is 0.744 bits per heavy atom. The molecular weight excluding hydrogens is 518 g/mol. The fraction of sp³-hybridized carbons (Fsp3) is 0.345. The molecule has 0 fully saturated rings. The first-order valence-electron chi connectivity index (χ1n) is 12.8. The van der Waals surface area contributed by atoms with Gasteiger partial charge in [-0.05, 0) is 36.2 Å². The van der Waals surface area contributed by atoms with Crippen LogP contribution in [0.5, 0.6) is 11.5 Å². The van der Waals surface area contributed by atoms with Gasteiger partial charge in [0, 0.05) is 12.1 Å². The molecule has 0 aliphatic carbocycles. The summed E-state index contributed by atoms with van der Waals surface area (Å²) >= 11 is 0. The van der Waals surface area contributed by atoms with Gasteiger partial charge in [0.1, 0.15) is 17.1 Å². The first-order valence-corrected chi connectivity index (χ1v) is 12.8. The van der Waals surface area contributed by atoms with E-state index in [2.05, 4.69) is 6.92 Å². The monoisotopic (exact) mass is 547 g/mol. The lowest BCUT2D eigenvalue weighted by Crippen LogP contribution is -2.17. The van der Waals surface area contributed by atoms with Crippen LogP contribution in [0.1, 0.15) is 68.6 Å². The van der Waals surface area contributed by atoms with Crippen LogP contribution in [-0.4, -0.2) is 17.5 Å². The molecule has 6 nitrogen and oxygen atoms in total. The second kappa shape index (κ2) is 14.3.